The summed E-state index contributed by atoms with van der Waals surface area (Å²) in [7, 11) is 2.02. The maximum absolute atomic E-state index is 6.44. The van der Waals surface area contributed by atoms with E-state index in [1.54, 1.807) is 0 Å². The zero-order chi connectivity index (χ0) is 41.0. The van der Waals surface area contributed by atoms with E-state index in [0.29, 0.717) is 0 Å². The summed E-state index contributed by atoms with van der Waals surface area (Å²) >= 11 is 12.9. The fourth-order valence-corrected chi connectivity index (χ4v) is 18.6. The first-order valence-electron chi connectivity index (χ1n) is 19.7. The van der Waals surface area contributed by atoms with Gasteiger partial charge in [-0.05, 0) is 85.7 Å². The smallest absolute Gasteiger partial charge is 0.0987 e. The molecule has 10 rings (SSSR count). The van der Waals surface area contributed by atoms with Gasteiger partial charge in [0, 0.05) is 31.7 Å². The van der Waals surface area contributed by atoms with E-state index < -0.39 is 18.6 Å². The minimum absolute atomic E-state index is 0. The zero-order valence-electron chi connectivity index (χ0n) is 33.2. The molecule has 0 amide bonds. The van der Waals surface area contributed by atoms with Crippen molar-refractivity contribution >= 4 is 64.6 Å². The molecule has 9 heteroatoms. The third kappa shape index (κ3) is 8.18. The van der Waals surface area contributed by atoms with Gasteiger partial charge in [0.15, 0.2) is 0 Å². The van der Waals surface area contributed by atoms with Crippen LogP contribution in [-0.2, 0) is 50.0 Å². The molecular formula is C52H41IrN4P2S2-3. The van der Waals surface area contributed by atoms with Gasteiger partial charge in [0.25, 0.3) is 0 Å². The largest absolute Gasteiger partial charge is 0.523 e. The van der Waals surface area contributed by atoms with E-state index in [4.69, 9.17) is 29.5 Å². The summed E-state index contributed by atoms with van der Waals surface area (Å²) in [5, 5.41) is 4.51. The Balaban J connectivity index is 0.000000166. The van der Waals surface area contributed by atoms with Crippen LogP contribution in [0.4, 0.5) is 5.69 Å². The summed E-state index contributed by atoms with van der Waals surface area (Å²) in [5.74, 6) is 0. The Kier molecular flexibility index (Phi) is 13.1. The maximum atomic E-state index is 6.44. The Morgan fingerprint density at radius 2 is 1.10 bits per heavy atom. The standard InChI is InChI=1S/C28H20N3.C24H21NP2S2.Ir/c1-30-17-18-31(20-30)22-10-8-9-21(19-22)28(27-15-6-7-16-29-27)25-13-4-2-11-23(25)24-12-3-5-14-26(24)28;28-26(21-13-5-1-6-14-21,22-15-7-2-8-16-22)25-27(29,23-17-9-3-10-18-23)24-19-11-4-12-20-24;/h2-13,15-18,20H,1H3;1-20H,(H,25,28,29);/q-3;;/t28-;;/m1../s1. The molecule has 1 aliphatic carbocycles. The van der Waals surface area contributed by atoms with Crippen LogP contribution in [0.1, 0.15) is 22.4 Å². The van der Waals surface area contributed by atoms with Crippen molar-refractivity contribution in [1.29, 1.82) is 0 Å². The van der Waals surface area contributed by atoms with E-state index in [1.807, 2.05) is 73.6 Å². The quantitative estimate of drug-likeness (QED) is 0.0881. The van der Waals surface area contributed by atoms with Crippen LogP contribution in [0.3, 0.4) is 0 Å². The molecule has 0 bridgehead atoms. The number of nitrogens with one attached hydrogen (secondary N) is 1. The van der Waals surface area contributed by atoms with E-state index in [1.165, 1.54) is 16.7 Å². The average molecular weight is 1040 g/mol. The van der Waals surface area contributed by atoms with Gasteiger partial charge < -0.3 is 34.3 Å². The van der Waals surface area contributed by atoms with Crippen LogP contribution >= 0.6 is 13.2 Å². The van der Waals surface area contributed by atoms with Crippen molar-refractivity contribution in [2.75, 3.05) is 11.9 Å². The van der Waals surface area contributed by atoms with Crippen LogP contribution in [0.5, 0.6) is 0 Å². The number of nitrogens with zero attached hydrogens (tertiary/aromatic N) is 3. The number of aromatic nitrogens is 1. The molecule has 2 heterocycles. The van der Waals surface area contributed by atoms with E-state index in [0.717, 1.165) is 43.7 Å². The first kappa shape index (κ1) is 42.9. The van der Waals surface area contributed by atoms with Gasteiger partial charge in [-0.15, -0.1) is 22.4 Å². The molecular weight excluding hydrogens is 999 g/mol. The molecule has 8 aromatic rings. The minimum atomic E-state index is -2.35. The van der Waals surface area contributed by atoms with Gasteiger partial charge in [-0.3, -0.25) is 4.98 Å². The van der Waals surface area contributed by atoms with Crippen molar-refractivity contribution in [3.8, 4) is 11.1 Å². The first-order chi connectivity index (χ1) is 29.4. The molecule has 1 aliphatic heterocycles. The van der Waals surface area contributed by atoms with Gasteiger partial charge in [-0.25, -0.2) is 0 Å². The summed E-state index contributed by atoms with van der Waals surface area (Å²) < 4.78 is 0. The minimum Gasteiger partial charge on any atom is -0.523 e. The average Bonchev–Trinajstić information content (AvgIpc) is 3.90. The fourth-order valence-electron chi connectivity index (χ4n) is 8.12. The Hall–Kier alpha value is -4.80. The molecule has 0 spiro atoms. The molecule has 1 N–H and O–H groups in total. The Morgan fingerprint density at radius 3 is 1.62 bits per heavy atom. The number of rotatable bonds is 9. The van der Waals surface area contributed by atoms with Gasteiger partial charge in [-0.1, -0.05) is 114 Å². The number of benzene rings is 7. The molecule has 7 aromatic carbocycles. The van der Waals surface area contributed by atoms with Crippen LogP contribution in [-0.4, -0.2) is 16.9 Å². The third-order valence-corrected chi connectivity index (χ3v) is 21.2. The third-order valence-electron chi connectivity index (χ3n) is 10.9. The molecule has 4 nitrogen and oxygen atoms in total. The van der Waals surface area contributed by atoms with Crippen molar-refractivity contribution in [3.05, 3.63) is 260 Å². The Bertz CT molecular complexity index is 2520. The SMILES string of the molecule is CN1C=CN(c2[c-]c([C@]3(c4ccccn4)c4[c-]cccc4-c4ccccc43)ccc2)[CH-]1.[Ir].[S-][P+](N[P+]([S-])(c1ccccc1)c1ccccc1)(c1ccccc1)c1ccccc1. The van der Waals surface area contributed by atoms with E-state index in [9.17, 15) is 0 Å². The van der Waals surface area contributed by atoms with Crippen LogP contribution < -0.4 is 31.0 Å². The number of hydrogen-bond donors (Lipinski definition) is 1. The van der Waals surface area contributed by atoms with Gasteiger partial charge in [0.2, 0.25) is 0 Å². The number of hydrogen-bond acceptors (Lipinski definition) is 6. The molecule has 0 fully saturated rings. The van der Waals surface area contributed by atoms with Gasteiger partial charge in [-0.2, -0.15) is 55.2 Å². The van der Waals surface area contributed by atoms with Crippen LogP contribution in [0.2, 0.25) is 0 Å². The Labute approximate surface area is 385 Å². The van der Waals surface area contributed by atoms with Crippen molar-refractivity contribution in [2.24, 2.45) is 0 Å². The summed E-state index contributed by atoms with van der Waals surface area (Å²) in [4.78, 5) is 12.9. The van der Waals surface area contributed by atoms with E-state index in [2.05, 4.69) is 186 Å². The molecule has 2 aliphatic rings. The van der Waals surface area contributed by atoms with E-state index >= 15 is 0 Å². The first-order valence-corrected chi connectivity index (χ1v) is 25.3. The van der Waals surface area contributed by atoms with Crippen LogP contribution in [0, 0.1) is 18.8 Å². The Morgan fingerprint density at radius 1 is 0.574 bits per heavy atom. The van der Waals surface area contributed by atoms with Crippen molar-refractivity contribution < 1.29 is 20.1 Å². The van der Waals surface area contributed by atoms with Gasteiger partial charge in [0.1, 0.15) is 0 Å². The van der Waals surface area contributed by atoms with E-state index in [-0.39, 0.29) is 20.1 Å². The predicted molar refractivity (Wildman–Crippen MR) is 259 cm³/mol. The molecule has 1 radical (unpaired) electrons. The molecule has 1 atom stereocenters. The topological polar surface area (TPSA) is 31.4 Å². The van der Waals surface area contributed by atoms with Crippen molar-refractivity contribution in [3.63, 3.8) is 0 Å². The second kappa shape index (κ2) is 18.7. The normalized spacial score (nSPS) is 15.3. The predicted octanol–water partition coefficient (Wildman–Crippen LogP) is 10.1. The fraction of sp³-hybridized carbons (Fsp3) is 0.0385. The van der Waals surface area contributed by atoms with Crippen molar-refractivity contribution in [1.82, 2.24) is 14.7 Å². The zero-order valence-corrected chi connectivity index (χ0v) is 39.1. The summed E-state index contributed by atoms with van der Waals surface area (Å²) in [5.41, 5.74) is 7.25. The molecule has 61 heavy (non-hydrogen) atoms. The molecule has 0 unspecified atom stereocenters. The summed E-state index contributed by atoms with van der Waals surface area (Å²) in [6.07, 6.45) is 5.95. The summed E-state index contributed by atoms with van der Waals surface area (Å²) in [6.45, 7) is -2.65. The molecule has 303 valence electrons. The van der Waals surface area contributed by atoms with Gasteiger partial charge in [0.05, 0.1) is 40.1 Å². The molecule has 0 saturated carbocycles. The summed E-state index contributed by atoms with van der Waals surface area (Å²) in [6, 6.07) is 76.2. The van der Waals surface area contributed by atoms with Crippen LogP contribution in [0.25, 0.3) is 11.1 Å². The molecule has 1 aromatic heterocycles. The van der Waals surface area contributed by atoms with Gasteiger partial charge >= 0.3 is 0 Å². The van der Waals surface area contributed by atoms with Crippen molar-refractivity contribution in [2.45, 2.75) is 5.41 Å². The maximum Gasteiger partial charge on any atom is 0.0987 e. The molecule has 0 saturated heterocycles. The monoisotopic (exact) mass is 1040 g/mol. The number of fused-ring (bicyclic) bond motifs is 3. The second-order valence-electron chi connectivity index (χ2n) is 14.6. The second-order valence-corrected chi connectivity index (χ2v) is 23.2. The number of pyridine rings is 1. The number of anilines is 1. The van der Waals surface area contributed by atoms with Crippen LogP contribution in [0.15, 0.2) is 219 Å².